The second-order valence-corrected chi connectivity index (χ2v) is 6.77. The molecule has 1 heterocycles. The number of urea groups is 1. The highest BCUT2D eigenvalue weighted by atomic mass is 19.4. The Morgan fingerprint density at radius 1 is 1.13 bits per heavy atom. The molecule has 3 rings (SSSR count). The molecule has 31 heavy (non-hydrogen) atoms. The summed E-state index contributed by atoms with van der Waals surface area (Å²) in [6.07, 6.45) is -4.58. The molecule has 0 aliphatic heterocycles. The van der Waals surface area contributed by atoms with Gasteiger partial charge in [0, 0.05) is 5.56 Å². The number of benzene rings is 2. The van der Waals surface area contributed by atoms with Crippen LogP contribution in [0, 0.1) is 0 Å². The number of nitrogens with one attached hydrogen (secondary N) is 1. The molecule has 3 N–H and O–H groups in total. The first-order valence-electron chi connectivity index (χ1n) is 9.28. The number of hydrogen-bond acceptors (Lipinski definition) is 4. The van der Waals surface area contributed by atoms with Crippen molar-refractivity contribution in [2.45, 2.75) is 19.1 Å². The molecule has 0 aliphatic rings. The van der Waals surface area contributed by atoms with Gasteiger partial charge < -0.3 is 20.5 Å². The topological polar surface area (TPSA) is 91.4 Å². The van der Waals surface area contributed by atoms with Crippen molar-refractivity contribution in [2.24, 2.45) is 5.73 Å². The predicted octanol–water partition coefficient (Wildman–Crippen LogP) is 4.00. The molecule has 1 atom stereocenters. The van der Waals surface area contributed by atoms with Crippen molar-refractivity contribution in [1.82, 2.24) is 15.1 Å². The zero-order valence-corrected chi connectivity index (χ0v) is 16.8. The van der Waals surface area contributed by atoms with Crippen LogP contribution < -0.4 is 20.5 Å². The third kappa shape index (κ3) is 5.47. The number of methoxy groups -OCH3 is 1. The van der Waals surface area contributed by atoms with Crippen molar-refractivity contribution in [1.29, 1.82) is 0 Å². The number of amides is 2. The predicted molar refractivity (Wildman–Crippen MR) is 108 cm³/mol. The van der Waals surface area contributed by atoms with E-state index in [9.17, 15) is 18.0 Å². The summed E-state index contributed by atoms with van der Waals surface area (Å²) in [6.45, 7) is 1.91. The third-order valence-corrected chi connectivity index (χ3v) is 4.36. The van der Waals surface area contributed by atoms with E-state index < -0.39 is 17.9 Å². The number of primary amides is 1. The molecule has 0 saturated carbocycles. The smallest absolute Gasteiger partial charge is 0.435 e. The monoisotopic (exact) mass is 434 g/mol. The molecule has 0 saturated heterocycles. The molecule has 2 amide bonds. The Morgan fingerprint density at radius 3 is 2.29 bits per heavy atom. The van der Waals surface area contributed by atoms with E-state index in [4.69, 9.17) is 15.2 Å². The maximum atomic E-state index is 13.3. The van der Waals surface area contributed by atoms with E-state index in [2.05, 4.69) is 10.4 Å². The van der Waals surface area contributed by atoms with E-state index in [1.165, 1.54) is 11.8 Å². The van der Waals surface area contributed by atoms with Crippen molar-refractivity contribution in [2.75, 3.05) is 13.7 Å². The Hall–Kier alpha value is -3.69. The van der Waals surface area contributed by atoms with Crippen LogP contribution in [0.5, 0.6) is 11.5 Å². The number of halogens is 3. The highest BCUT2D eigenvalue weighted by Gasteiger charge is 2.35. The summed E-state index contributed by atoms with van der Waals surface area (Å²) < 4.78 is 51.8. The number of nitrogens with zero attached hydrogens (tertiary/aromatic N) is 2. The molecule has 3 aromatic rings. The molecule has 0 bridgehead atoms. The molecule has 0 radical (unpaired) electrons. The molecule has 0 aliphatic carbocycles. The Labute approximate surface area is 176 Å². The Kier molecular flexibility index (Phi) is 6.38. The van der Waals surface area contributed by atoms with Crippen LogP contribution in [0.4, 0.5) is 18.0 Å². The van der Waals surface area contributed by atoms with Crippen molar-refractivity contribution in [3.8, 4) is 28.4 Å². The summed E-state index contributed by atoms with van der Waals surface area (Å²) in [5.41, 5.74) is 5.31. The number of carbonyl (C=O) groups excluding carboxylic acids is 1. The maximum Gasteiger partial charge on any atom is 0.435 e. The van der Waals surface area contributed by atoms with E-state index in [1.807, 2.05) is 0 Å². The quantitative estimate of drug-likeness (QED) is 0.588. The van der Waals surface area contributed by atoms with Gasteiger partial charge in [-0.3, -0.25) is 0 Å². The summed E-state index contributed by atoms with van der Waals surface area (Å²) in [5, 5.41) is 6.25. The minimum atomic E-state index is -4.58. The van der Waals surface area contributed by atoms with Crippen LogP contribution in [-0.4, -0.2) is 35.6 Å². The van der Waals surface area contributed by atoms with Gasteiger partial charge in [0.1, 0.15) is 18.1 Å². The number of nitrogens with two attached hydrogens (primary N) is 1. The van der Waals surface area contributed by atoms with Crippen LogP contribution in [0.2, 0.25) is 0 Å². The van der Waals surface area contributed by atoms with Gasteiger partial charge in [0.15, 0.2) is 5.69 Å². The minimum Gasteiger partial charge on any atom is -0.497 e. The van der Waals surface area contributed by atoms with Gasteiger partial charge >= 0.3 is 12.2 Å². The molecule has 2 aromatic carbocycles. The first-order chi connectivity index (χ1) is 14.7. The van der Waals surface area contributed by atoms with E-state index in [0.717, 1.165) is 6.07 Å². The number of carbonyl (C=O) groups is 1. The second kappa shape index (κ2) is 8.99. The molecule has 0 fully saturated rings. The molecule has 164 valence electrons. The SMILES string of the molecule is COc1ccc(-n2nc(C(F)(F)F)cc2-c2ccc(OC[C@@H](C)NC(N)=O)cc2)cc1. The second-order valence-electron chi connectivity index (χ2n) is 6.77. The average molecular weight is 434 g/mol. The molecule has 7 nitrogen and oxygen atoms in total. The van der Waals surface area contributed by atoms with Gasteiger partial charge in [-0.15, -0.1) is 0 Å². The first-order valence-corrected chi connectivity index (χ1v) is 9.28. The van der Waals surface area contributed by atoms with Crippen LogP contribution in [0.25, 0.3) is 16.9 Å². The van der Waals surface area contributed by atoms with Gasteiger partial charge in [-0.05, 0) is 61.5 Å². The van der Waals surface area contributed by atoms with Gasteiger partial charge in [0.25, 0.3) is 0 Å². The lowest BCUT2D eigenvalue weighted by molar-refractivity contribution is -0.141. The highest BCUT2D eigenvalue weighted by molar-refractivity contribution is 5.71. The zero-order chi connectivity index (χ0) is 22.6. The summed E-state index contributed by atoms with van der Waals surface area (Å²) in [6, 6.07) is 13.1. The number of aromatic nitrogens is 2. The lowest BCUT2D eigenvalue weighted by Gasteiger charge is -2.14. The Balaban J connectivity index is 1.88. The lowest BCUT2D eigenvalue weighted by atomic mass is 10.1. The van der Waals surface area contributed by atoms with Gasteiger partial charge in [0.2, 0.25) is 0 Å². The van der Waals surface area contributed by atoms with Crippen LogP contribution >= 0.6 is 0 Å². The van der Waals surface area contributed by atoms with Gasteiger partial charge in [-0.2, -0.15) is 18.3 Å². The molecule has 10 heteroatoms. The molecule has 0 unspecified atom stereocenters. The van der Waals surface area contributed by atoms with Gasteiger partial charge in [0.05, 0.1) is 24.5 Å². The zero-order valence-electron chi connectivity index (χ0n) is 16.8. The van der Waals surface area contributed by atoms with E-state index >= 15 is 0 Å². The van der Waals surface area contributed by atoms with Crippen molar-refractivity contribution in [3.63, 3.8) is 0 Å². The number of alkyl halides is 3. The molecule has 0 spiro atoms. The van der Waals surface area contributed by atoms with Crippen LogP contribution in [0.1, 0.15) is 12.6 Å². The molecular weight excluding hydrogens is 413 g/mol. The lowest BCUT2D eigenvalue weighted by Crippen LogP contribution is -2.40. The van der Waals surface area contributed by atoms with Crippen LogP contribution in [0.3, 0.4) is 0 Å². The molecular formula is C21H21F3N4O3. The fourth-order valence-electron chi connectivity index (χ4n) is 2.87. The third-order valence-electron chi connectivity index (χ3n) is 4.36. The van der Waals surface area contributed by atoms with Gasteiger partial charge in [-0.25, -0.2) is 9.48 Å². The average Bonchev–Trinajstić information content (AvgIpc) is 3.18. The van der Waals surface area contributed by atoms with Crippen LogP contribution in [-0.2, 0) is 6.18 Å². The minimum absolute atomic E-state index is 0.185. The van der Waals surface area contributed by atoms with E-state index in [0.29, 0.717) is 22.7 Å². The fourth-order valence-corrected chi connectivity index (χ4v) is 2.87. The Morgan fingerprint density at radius 2 is 1.74 bits per heavy atom. The number of ether oxygens (including phenoxy) is 2. The van der Waals surface area contributed by atoms with Crippen molar-refractivity contribution >= 4 is 6.03 Å². The summed E-state index contributed by atoms with van der Waals surface area (Å²) in [5.74, 6) is 1.07. The van der Waals surface area contributed by atoms with Gasteiger partial charge in [-0.1, -0.05) is 0 Å². The summed E-state index contributed by atoms with van der Waals surface area (Å²) in [7, 11) is 1.50. The molecule has 1 aromatic heterocycles. The first kappa shape index (κ1) is 22.0. The summed E-state index contributed by atoms with van der Waals surface area (Å²) >= 11 is 0. The standard InChI is InChI=1S/C21H21F3N4O3/c1-13(26-20(25)29)12-31-17-7-3-14(4-8-17)18-11-19(21(22,23)24)27-28(18)15-5-9-16(30-2)10-6-15/h3-11,13H,12H2,1-2H3,(H3,25,26,29)/t13-/m1/s1. The van der Waals surface area contributed by atoms with E-state index in [1.54, 1.807) is 55.5 Å². The van der Waals surface area contributed by atoms with E-state index in [-0.39, 0.29) is 18.3 Å². The maximum absolute atomic E-state index is 13.3. The highest BCUT2D eigenvalue weighted by Crippen LogP contribution is 2.34. The van der Waals surface area contributed by atoms with Crippen molar-refractivity contribution < 1.29 is 27.4 Å². The number of hydrogen-bond donors (Lipinski definition) is 2. The van der Waals surface area contributed by atoms with Crippen LogP contribution in [0.15, 0.2) is 54.6 Å². The Bertz CT molecular complexity index is 1030. The largest absolute Gasteiger partial charge is 0.497 e. The summed E-state index contributed by atoms with van der Waals surface area (Å²) in [4.78, 5) is 10.8. The fraction of sp³-hybridized carbons (Fsp3) is 0.238. The normalized spacial score (nSPS) is 12.3. The number of rotatable bonds is 7. The van der Waals surface area contributed by atoms with Crippen molar-refractivity contribution in [3.05, 3.63) is 60.3 Å².